The normalized spacial score (nSPS) is 12.0. The Morgan fingerprint density at radius 2 is 2.15 bits per heavy atom. The first-order chi connectivity index (χ1) is 9.17. The number of aliphatic imine (C=N–C) groups is 1. The summed E-state index contributed by atoms with van der Waals surface area (Å²) in [5.74, 6) is 3.72. The summed E-state index contributed by atoms with van der Waals surface area (Å²) in [7, 11) is 0. The monoisotopic (exact) mass is 385 g/mol. The SMILES string of the molecule is C#CCNC(=NCC(C)c1cccc(C)c1)NCC.I. The lowest BCUT2D eigenvalue weighted by atomic mass is 10.00. The van der Waals surface area contributed by atoms with Crippen molar-refractivity contribution in [1.82, 2.24) is 10.6 Å². The van der Waals surface area contributed by atoms with Gasteiger partial charge in [-0.1, -0.05) is 42.7 Å². The molecule has 110 valence electrons. The molecule has 0 aromatic heterocycles. The van der Waals surface area contributed by atoms with Gasteiger partial charge in [0.25, 0.3) is 0 Å². The molecular formula is C16H24IN3. The third-order valence-corrected chi connectivity index (χ3v) is 2.84. The highest BCUT2D eigenvalue weighted by Gasteiger charge is 2.05. The minimum atomic E-state index is 0. The minimum absolute atomic E-state index is 0. The number of benzene rings is 1. The molecule has 0 saturated heterocycles. The number of halogens is 1. The zero-order valence-corrected chi connectivity index (χ0v) is 14.8. The van der Waals surface area contributed by atoms with Crippen molar-refractivity contribution in [2.45, 2.75) is 26.7 Å². The lowest BCUT2D eigenvalue weighted by Crippen LogP contribution is -2.37. The Hall–Kier alpha value is -1.22. The third kappa shape index (κ3) is 6.80. The molecule has 4 heteroatoms. The number of terminal acetylenes is 1. The molecule has 0 fully saturated rings. The number of rotatable bonds is 5. The number of hydrogen-bond acceptors (Lipinski definition) is 1. The molecule has 0 aliphatic carbocycles. The first kappa shape index (κ1) is 18.8. The van der Waals surface area contributed by atoms with E-state index in [-0.39, 0.29) is 24.0 Å². The molecule has 0 bridgehead atoms. The number of nitrogens with zero attached hydrogens (tertiary/aromatic N) is 1. The highest BCUT2D eigenvalue weighted by Crippen LogP contribution is 2.16. The molecule has 1 aromatic carbocycles. The Bertz CT molecular complexity index is 463. The summed E-state index contributed by atoms with van der Waals surface area (Å²) in [6, 6.07) is 8.56. The zero-order valence-electron chi connectivity index (χ0n) is 12.4. The van der Waals surface area contributed by atoms with Crippen LogP contribution in [0.25, 0.3) is 0 Å². The van der Waals surface area contributed by atoms with Crippen molar-refractivity contribution in [3.8, 4) is 12.3 Å². The topological polar surface area (TPSA) is 36.4 Å². The average Bonchev–Trinajstić information content (AvgIpc) is 2.41. The lowest BCUT2D eigenvalue weighted by Gasteiger charge is -2.13. The fraction of sp³-hybridized carbons (Fsp3) is 0.438. The molecule has 0 heterocycles. The Morgan fingerprint density at radius 3 is 2.75 bits per heavy atom. The van der Waals surface area contributed by atoms with E-state index in [0.717, 1.165) is 19.0 Å². The van der Waals surface area contributed by atoms with Crippen LogP contribution in [0.5, 0.6) is 0 Å². The molecule has 1 aromatic rings. The smallest absolute Gasteiger partial charge is 0.192 e. The van der Waals surface area contributed by atoms with E-state index in [0.29, 0.717) is 12.5 Å². The number of aryl methyl sites for hydroxylation is 1. The summed E-state index contributed by atoms with van der Waals surface area (Å²) in [6.07, 6.45) is 5.24. The molecule has 2 N–H and O–H groups in total. The van der Waals surface area contributed by atoms with Gasteiger partial charge in [-0.3, -0.25) is 4.99 Å². The largest absolute Gasteiger partial charge is 0.357 e. The van der Waals surface area contributed by atoms with Gasteiger partial charge in [-0.25, -0.2) is 0 Å². The van der Waals surface area contributed by atoms with Crippen molar-refractivity contribution in [2.24, 2.45) is 4.99 Å². The molecule has 0 radical (unpaired) electrons. The molecule has 1 atom stereocenters. The Labute approximate surface area is 139 Å². The second-order valence-corrected chi connectivity index (χ2v) is 4.59. The number of hydrogen-bond donors (Lipinski definition) is 2. The van der Waals surface area contributed by atoms with E-state index in [1.807, 2.05) is 6.92 Å². The summed E-state index contributed by atoms with van der Waals surface area (Å²) >= 11 is 0. The maximum absolute atomic E-state index is 5.24. The molecule has 0 spiro atoms. The highest BCUT2D eigenvalue weighted by atomic mass is 127. The molecule has 3 nitrogen and oxygen atoms in total. The van der Waals surface area contributed by atoms with Gasteiger partial charge in [-0.05, 0) is 19.4 Å². The maximum Gasteiger partial charge on any atom is 0.192 e. The van der Waals surface area contributed by atoms with Crippen molar-refractivity contribution in [2.75, 3.05) is 19.6 Å². The third-order valence-electron chi connectivity index (χ3n) is 2.84. The van der Waals surface area contributed by atoms with E-state index in [4.69, 9.17) is 6.42 Å². The Morgan fingerprint density at radius 1 is 1.40 bits per heavy atom. The van der Waals surface area contributed by atoms with Crippen LogP contribution in [-0.4, -0.2) is 25.6 Å². The van der Waals surface area contributed by atoms with Gasteiger partial charge in [0, 0.05) is 19.0 Å². The quantitative estimate of drug-likeness (QED) is 0.354. The second-order valence-electron chi connectivity index (χ2n) is 4.59. The van der Waals surface area contributed by atoms with Crippen LogP contribution in [0.1, 0.15) is 30.9 Å². The number of nitrogens with one attached hydrogen (secondary N) is 2. The molecular weight excluding hydrogens is 361 g/mol. The highest BCUT2D eigenvalue weighted by molar-refractivity contribution is 14.0. The standard InChI is InChI=1S/C16H23N3.HI/c1-5-10-18-16(17-6-2)19-12-14(4)15-9-7-8-13(3)11-15;/h1,7-9,11,14H,6,10,12H2,2-4H3,(H2,17,18,19);1H. The van der Waals surface area contributed by atoms with Crippen LogP contribution in [0.15, 0.2) is 29.3 Å². The van der Waals surface area contributed by atoms with Gasteiger partial charge in [0.15, 0.2) is 5.96 Å². The summed E-state index contributed by atoms with van der Waals surface area (Å²) < 4.78 is 0. The predicted octanol–water partition coefficient (Wildman–Crippen LogP) is 2.90. The molecule has 20 heavy (non-hydrogen) atoms. The lowest BCUT2D eigenvalue weighted by molar-refractivity contribution is 0.757. The van der Waals surface area contributed by atoms with E-state index in [1.165, 1.54) is 11.1 Å². The van der Waals surface area contributed by atoms with Gasteiger partial charge < -0.3 is 10.6 Å². The van der Waals surface area contributed by atoms with E-state index >= 15 is 0 Å². The van der Waals surface area contributed by atoms with Crippen molar-refractivity contribution in [3.05, 3.63) is 35.4 Å². The predicted molar refractivity (Wildman–Crippen MR) is 97.8 cm³/mol. The molecule has 0 saturated carbocycles. The molecule has 1 unspecified atom stereocenters. The fourth-order valence-electron chi connectivity index (χ4n) is 1.79. The van der Waals surface area contributed by atoms with Crippen molar-refractivity contribution >= 4 is 29.9 Å². The van der Waals surface area contributed by atoms with Crippen molar-refractivity contribution < 1.29 is 0 Å². The van der Waals surface area contributed by atoms with Crippen LogP contribution in [0.2, 0.25) is 0 Å². The number of guanidine groups is 1. The molecule has 0 amide bonds. The minimum Gasteiger partial charge on any atom is -0.357 e. The van der Waals surface area contributed by atoms with E-state index in [1.54, 1.807) is 0 Å². The van der Waals surface area contributed by atoms with Gasteiger partial charge in [0.2, 0.25) is 0 Å². The van der Waals surface area contributed by atoms with Crippen LogP contribution in [0, 0.1) is 19.3 Å². The average molecular weight is 385 g/mol. The Kier molecular flexibility index (Phi) is 9.91. The van der Waals surface area contributed by atoms with Crippen LogP contribution in [0.3, 0.4) is 0 Å². The van der Waals surface area contributed by atoms with Gasteiger partial charge in [-0.15, -0.1) is 30.4 Å². The van der Waals surface area contributed by atoms with E-state index in [2.05, 4.69) is 59.7 Å². The van der Waals surface area contributed by atoms with Crippen molar-refractivity contribution in [1.29, 1.82) is 0 Å². The van der Waals surface area contributed by atoms with Gasteiger partial charge >= 0.3 is 0 Å². The molecule has 0 aliphatic heterocycles. The Balaban J connectivity index is 0.00000361. The maximum atomic E-state index is 5.24. The molecule has 0 aliphatic rings. The molecule has 1 rings (SSSR count). The van der Waals surface area contributed by atoms with Gasteiger partial charge in [0.1, 0.15) is 0 Å². The van der Waals surface area contributed by atoms with E-state index < -0.39 is 0 Å². The van der Waals surface area contributed by atoms with Crippen LogP contribution < -0.4 is 10.6 Å². The van der Waals surface area contributed by atoms with Gasteiger partial charge in [0.05, 0.1) is 6.54 Å². The summed E-state index contributed by atoms with van der Waals surface area (Å²) in [5, 5.41) is 6.27. The van der Waals surface area contributed by atoms with Crippen LogP contribution >= 0.6 is 24.0 Å². The van der Waals surface area contributed by atoms with Crippen LogP contribution in [0.4, 0.5) is 0 Å². The summed E-state index contributed by atoms with van der Waals surface area (Å²) in [5.41, 5.74) is 2.60. The second kappa shape index (κ2) is 10.6. The van der Waals surface area contributed by atoms with Crippen LogP contribution in [-0.2, 0) is 0 Å². The first-order valence-electron chi connectivity index (χ1n) is 6.69. The van der Waals surface area contributed by atoms with Crippen molar-refractivity contribution in [3.63, 3.8) is 0 Å². The van der Waals surface area contributed by atoms with Gasteiger partial charge in [-0.2, -0.15) is 0 Å². The summed E-state index contributed by atoms with van der Waals surface area (Å²) in [4.78, 5) is 4.56. The van der Waals surface area contributed by atoms with E-state index in [9.17, 15) is 0 Å². The summed E-state index contributed by atoms with van der Waals surface area (Å²) in [6.45, 7) is 8.39. The first-order valence-corrected chi connectivity index (χ1v) is 6.69. The zero-order chi connectivity index (χ0) is 14.1. The fourth-order valence-corrected chi connectivity index (χ4v) is 1.79.